The molecule has 2 aromatic rings. The Bertz CT molecular complexity index is 579. The van der Waals surface area contributed by atoms with Crippen LogP contribution in [0.25, 0.3) is 5.65 Å². The Morgan fingerprint density at radius 2 is 2.42 bits per heavy atom. The van der Waals surface area contributed by atoms with Crippen LogP contribution in [-0.2, 0) is 16.1 Å². The summed E-state index contributed by atoms with van der Waals surface area (Å²) < 4.78 is 6.77. The number of carbonyl (C=O) groups excluding carboxylic acids is 1. The highest BCUT2D eigenvalue weighted by Crippen LogP contribution is 2.09. The van der Waals surface area contributed by atoms with E-state index in [1.54, 1.807) is 0 Å². The number of fused-ring (bicyclic) bond motifs is 1. The number of aryl methyl sites for hydroxylation is 1. The number of nitrogens with one attached hydrogen (secondary N) is 1. The van der Waals surface area contributed by atoms with E-state index in [4.69, 9.17) is 10.5 Å². The van der Waals surface area contributed by atoms with Crippen molar-refractivity contribution in [3.05, 3.63) is 35.8 Å². The van der Waals surface area contributed by atoms with Gasteiger partial charge < -0.3 is 20.2 Å². The molecule has 6 nitrogen and oxygen atoms in total. The normalized spacial score (nSPS) is 12.6. The Labute approximate surface area is 111 Å². The Morgan fingerprint density at radius 1 is 1.63 bits per heavy atom. The molecule has 102 valence electrons. The number of methoxy groups -OCH3 is 1. The third kappa shape index (κ3) is 3.10. The first-order valence-electron chi connectivity index (χ1n) is 6.07. The summed E-state index contributed by atoms with van der Waals surface area (Å²) in [5.74, 6) is -0.240. The van der Waals surface area contributed by atoms with Gasteiger partial charge in [0.25, 0.3) is 0 Å². The number of carbonyl (C=O) groups is 1. The number of hydrogen-bond donors (Lipinski definition) is 2. The largest absolute Gasteiger partial charge is 0.383 e. The van der Waals surface area contributed by atoms with Gasteiger partial charge in [-0.05, 0) is 18.6 Å². The maximum atomic E-state index is 11.6. The fourth-order valence-electron chi connectivity index (χ4n) is 1.85. The van der Waals surface area contributed by atoms with Crippen molar-refractivity contribution >= 4 is 11.6 Å². The van der Waals surface area contributed by atoms with Crippen molar-refractivity contribution in [3.8, 4) is 0 Å². The van der Waals surface area contributed by atoms with E-state index >= 15 is 0 Å². The highest BCUT2D eigenvalue weighted by Gasteiger charge is 2.13. The van der Waals surface area contributed by atoms with Gasteiger partial charge in [0, 0.05) is 19.5 Å². The SMILES string of the molecule is COCC(N)C(=O)NCc1cn2cccc(C)c2n1. The first-order valence-corrected chi connectivity index (χ1v) is 6.07. The zero-order valence-corrected chi connectivity index (χ0v) is 11.1. The second-order valence-electron chi connectivity index (χ2n) is 4.43. The maximum absolute atomic E-state index is 11.6. The molecule has 2 rings (SSSR count). The van der Waals surface area contributed by atoms with Crippen LogP contribution in [-0.4, -0.2) is 35.1 Å². The first-order chi connectivity index (χ1) is 9.11. The second-order valence-corrected chi connectivity index (χ2v) is 4.43. The topological polar surface area (TPSA) is 81.6 Å². The molecule has 0 spiro atoms. The lowest BCUT2D eigenvalue weighted by Gasteiger charge is -2.09. The predicted molar refractivity (Wildman–Crippen MR) is 71.6 cm³/mol. The van der Waals surface area contributed by atoms with Crippen molar-refractivity contribution in [1.82, 2.24) is 14.7 Å². The van der Waals surface area contributed by atoms with Crippen LogP contribution < -0.4 is 11.1 Å². The third-order valence-electron chi connectivity index (χ3n) is 2.85. The van der Waals surface area contributed by atoms with Crippen LogP contribution in [0.3, 0.4) is 0 Å². The molecule has 0 aromatic carbocycles. The number of nitrogens with zero attached hydrogens (tertiary/aromatic N) is 2. The maximum Gasteiger partial charge on any atom is 0.239 e. The Hall–Kier alpha value is -1.92. The number of pyridine rings is 1. The van der Waals surface area contributed by atoms with Crippen LogP contribution in [0.15, 0.2) is 24.5 Å². The van der Waals surface area contributed by atoms with Crippen LogP contribution in [0, 0.1) is 6.92 Å². The molecule has 6 heteroatoms. The summed E-state index contributed by atoms with van der Waals surface area (Å²) in [4.78, 5) is 16.1. The zero-order valence-electron chi connectivity index (χ0n) is 11.1. The lowest BCUT2D eigenvalue weighted by Crippen LogP contribution is -2.43. The Kier molecular flexibility index (Phi) is 4.13. The molecule has 3 N–H and O–H groups in total. The van der Waals surface area contributed by atoms with Gasteiger partial charge in [0.05, 0.1) is 18.8 Å². The molecule has 1 atom stereocenters. The van der Waals surface area contributed by atoms with E-state index in [9.17, 15) is 4.79 Å². The Morgan fingerprint density at radius 3 is 3.11 bits per heavy atom. The number of aromatic nitrogens is 2. The quantitative estimate of drug-likeness (QED) is 0.808. The van der Waals surface area contributed by atoms with Crippen LogP contribution in [0.2, 0.25) is 0 Å². The van der Waals surface area contributed by atoms with Gasteiger partial charge in [0.1, 0.15) is 11.7 Å². The van der Waals surface area contributed by atoms with Crippen molar-refractivity contribution in [3.63, 3.8) is 0 Å². The number of rotatable bonds is 5. The summed E-state index contributed by atoms with van der Waals surface area (Å²) >= 11 is 0. The van der Waals surface area contributed by atoms with Gasteiger partial charge in [-0.15, -0.1) is 0 Å². The molecule has 19 heavy (non-hydrogen) atoms. The van der Waals surface area contributed by atoms with E-state index in [0.717, 1.165) is 16.9 Å². The van der Waals surface area contributed by atoms with Crippen molar-refractivity contribution in [1.29, 1.82) is 0 Å². The number of amides is 1. The summed E-state index contributed by atoms with van der Waals surface area (Å²) in [5, 5.41) is 2.74. The molecular weight excluding hydrogens is 244 g/mol. The van der Waals surface area contributed by atoms with E-state index < -0.39 is 6.04 Å². The molecule has 0 aliphatic rings. The standard InChI is InChI=1S/C13H18N4O2/c1-9-4-3-5-17-7-10(16-12(9)17)6-15-13(18)11(14)8-19-2/h3-5,7,11H,6,8,14H2,1-2H3,(H,15,18). The van der Waals surface area contributed by atoms with E-state index in [-0.39, 0.29) is 12.5 Å². The average Bonchev–Trinajstić information content (AvgIpc) is 2.80. The van der Waals surface area contributed by atoms with Gasteiger partial charge in [0.2, 0.25) is 5.91 Å². The van der Waals surface area contributed by atoms with Crippen LogP contribution in [0.1, 0.15) is 11.3 Å². The van der Waals surface area contributed by atoms with Crippen molar-refractivity contribution in [2.45, 2.75) is 19.5 Å². The lowest BCUT2D eigenvalue weighted by molar-refractivity contribution is -0.123. The molecule has 0 fully saturated rings. The number of nitrogens with two attached hydrogens (primary N) is 1. The molecule has 0 radical (unpaired) electrons. The fourth-order valence-corrected chi connectivity index (χ4v) is 1.85. The minimum absolute atomic E-state index is 0.204. The molecule has 0 saturated carbocycles. The third-order valence-corrected chi connectivity index (χ3v) is 2.85. The van der Waals surface area contributed by atoms with Crippen molar-refractivity contribution in [2.24, 2.45) is 5.73 Å². The smallest absolute Gasteiger partial charge is 0.239 e. The van der Waals surface area contributed by atoms with Crippen molar-refractivity contribution < 1.29 is 9.53 Å². The summed E-state index contributed by atoms with van der Waals surface area (Å²) in [6.45, 7) is 2.56. The minimum atomic E-state index is -0.649. The molecule has 0 saturated heterocycles. The first kappa shape index (κ1) is 13.5. The molecule has 0 aliphatic carbocycles. The highest BCUT2D eigenvalue weighted by atomic mass is 16.5. The minimum Gasteiger partial charge on any atom is -0.383 e. The average molecular weight is 262 g/mol. The van der Waals surface area contributed by atoms with Crippen LogP contribution in [0.5, 0.6) is 0 Å². The van der Waals surface area contributed by atoms with Gasteiger partial charge in [-0.3, -0.25) is 4.79 Å². The fraction of sp³-hybridized carbons (Fsp3) is 0.385. The second kappa shape index (κ2) is 5.81. The van der Waals surface area contributed by atoms with Crippen LogP contribution in [0.4, 0.5) is 0 Å². The molecule has 0 bridgehead atoms. The number of ether oxygens (including phenoxy) is 1. The van der Waals surface area contributed by atoms with Gasteiger partial charge >= 0.3 is 0 Å². The molecule has 2 aromatic heterocycles. The molecule has 2 heterocycles. The van der Waals surface area contributed by atoms with Gasteiger partial charge in [-0.25, -0.2) is 4.98 Å². The summed E-state index contributed by atoms with van der Waals surface area (Å²) in [6.07, 6.45) is 3.82. The summed E-state index contributed by atoms with van der Waals surface area (Å²) in [7, 11) is 1.51. The number of hydrogen-bond acceptors (Lipinski definition) is 4. The Balaban J connectivity index is 2.02. The highest BCUT2D eigenvalue weighted by molar-refractivity contribution is 5.81. The van der Waals surface area contributed by atoms with Crippen LogP contribution >= 0.6 is 0 Å². The van der Waals surface area contributed by atoms with E-state index in [2.05, 4.69) is 10.3 Å². The van der Waals surface area contributed by atoms with E-state index in [1.165, 1.54) is 7.11 Å². The van der Waals surface area contributed by atoms with Gasteiger partial charge in [-0.2, -0.15) is 0 Å². The van der Waals surface area contributed by atoms with E-state index in [0.29, 0.717) is 6.54 Å². The molecule has 0 aliphatic heterocycles. The summed E-state index contributed by atoms with van der Waals surface area (Å²) in [5.41, 5.74) is 8.42. The monoisotopic (exact) mass is 262 g/mol. The zero-order chi connectivity index (χ0) is 13.8. The molecular formula is C13H18N4O2. The molecule has 1 unspecified atom stereocenters. The lowest BCUT2D eigenvalue weighted by atomic mass is 10.3. The van der Waals surface area contributed by atoms with Crippen molar-refractivity contribution in [2.75, 3.05) is 13.7 Å². The number of imidazole rings is 1. The van der Waals surface area contributed by atoms with Gasteiger partial charge in [0.15, 0.2) is 0 Å². The van der Waals surface area contributed by atoms with E-state index in [1.807, 2.05) is 35.9 Å². The summed E-state index contributed by atoms with van der Waals surface area (Å²) in [6, 6.07) is 3.31. The van der Waals surface area contributed by atoms with Gasteiger partial charge in [-0.1, -0.05) is 6.07 Å². The predicted octanol–water partition coefficient (Wildman–Crippen LogP) is 0.233. The molecule has 1 amide bonds.